The molecule has 0 radical (unpaired) electrons. The molecule has 0 aliphatic carbocycles. The van der Waals surface area contributed by atoms with Crippen LogP contribution in [0.3, 0.4) is 0 Å². The number of nitrogens with zero attached hydrogens (tertiary/aromatic N) is 2. The predicted molar refractivity (Wildman–Crippen MR) is 89.5 cm³/mol. The molecule has 2 heterocycles. The maximum Gasteiger partial charge on any atom is 0.237 e. The molecule has 0 saturated heterocycles. The second kappa shape index (κ2) is 6.98. The van der Waals surface area contributed by atoms with Crippen LogP contribution in [0.4, 0.5) is 0 Å². The van der Waals surface area contributed by atoms with E-state index in [2.05, 4.69) is 15.3 Å². The SMILES string of the molecule is N[C@H](Cc1ccccn1)C(=O)NCc1ccc2cnccc2c1. The number of hydrogen-bond acceptors (Lipinski definition) is 4. The van der Waals surface area contributed by atoms with Gasteiger partial charge in [-0.3, -0.25) is 14.8 Å². The Labute approximate surface area is 134 Å². The second-order valence-corrected chi connectivity index (χ2v) is 5.41. The van der Waals surface area contributed by atoms with E-state index in [1.165, 1.54) is 0 Å². The van der Waals surface area contributed by atoms with E-state index in [0.717, 1.165) is 22.0 Å². The Morgan fingerprint density at radius 1 is 1.13 bits per heavy atom. The van der Waals surface area contributed by atoms with Crippen LogP contribution in [0.1, 0.15) is 11.3 Å². The monoisotopic (exact) mass is 306 g/mol. The molecule has 0 fully saturated rings. The molecule has 1 amide bonds. The maximum absolute atomic E-state index is 12.1. The molecule has 3 rings (SSSR count). The maximum atomic E-state index is 12.1. The number of carbonyl (C=O) groups excluding carboxylic acids is 1. The fourth-order valence-corrected chi connectivity index (χ4v) is 2.40. The summed E-state index contributed by atoms with van der Waals surface area (Å²) in [6.07, 6.45) is 5.70. The van der Waals surface area contributed by atoms with E-state index in [9.17, 15) is 4.79 Å². The molecule has 1 aromatic carbocycles. The van der Waals surface area contributed by atoms with Crippen LogP contribution in [-0.2, 0) is 17.8 Å². The number of nitrogens with one attached hydrogen (secondary N) is 1. The third-order valence-corrected chi connectivity index (χ3v) is 3.66. The highest BCUT2D eigenvalue weighted by Gasteiger charge is 2.14. The number of benzene rings is 1. The number of rotatable bonds is 5. The van der Waals surface area contributed by atoms with Gasteiger partial charge in [0.15, 0.2) is 0 Å². The Balaban J connectivity index is 1.59. The number of carbonyl (C=O) groups is 1. The molecular formula is C18H18N4O. The Morgan fingerprint density at radius 3 is 2.87 bits per heavy atom. The highest BCUT2D eigenvalue weighted by atomic mass is 16.2. The highest BCUT2D eigenvalue weighted by molar-refractivity contribution is 5.83. The first-order chi connectivity index (χ1) is 11.2. The van der Waals surface area contributed by atoms with Crippen molar-refractivity contribution >= 4 is 16.7 Å². The molecule has 5 heteroatoms. The minimum absolute atomic E-state index is 0.175. The van der Waals surface area contributed by atoms with Crippen LogP contribution in [0.5, 0.6) is 0 Å². The normalized spacial score (nSPS) is 12.0. The van der Waals surface area contributed by atoms with Crippen molar-refractivity contribution in [2.24, 2.45) is 5.73 Å². The summed E-state index contributed by atoms with van der Waals surface area (Å²) < 4.78 is 0. The first-order valence-electron chi connectivity index (χ1n) is 7.48. The number of nitrogens with two attached hydrogens (primary N) is 1. The van der Waals surface area contributed by atoms with Crippen LogP contribution < -0.4 is 11.1 Å². The highest BCUT2D eigenvalue weighted by Crippen LogP contribution is 2.14. The van der Waals surface area contributed by atoms with Gasteiger partial charge in [-0.25, -0.2) is 0 Å². The van der Waals surface area contributed by atoms with Crippen molar-refractivity contribution in [2.75, 3.05) is 0 Å². The lowest BCUT2D eigenvalue weighted by Crippen LogP contribution is -2.41. The predicted octanol–water partition coefficient (Wildman–Crippen LogP) is 1.82. The van der Waals surface area contributed by atoms with Gasteiger partial charge in [0.2, 0.25) is 5.91 Å². The van der Waals surface area contributed by atoms with Crippen molar-refractivity contribution in [3.63, 3.8) is 0 Å². The van der Waals surface area contributed by atoms with Crippen LogP contribution in [-0.4, -0.2) is 21.9 Å². The Kier molecular flexibility index (Phi) is 4.59. The Morgan fingerprint density at radius 2 is 2.04 bits per heavy atom. The molecule has 0 saturated carbocycles. The summed E-state index contributed by atoms with van der Waals surface area (Å²) in [5.41, 5.74) is 7.79. The van der Waals surface area contributed by atoms with Gasteiger partial charge in [0, 0.05) is 42.6 Å². The van der Waals surface area contributed by atoms with Crippen LogP contribution in [0.2, 0.25) is 0 Å². The van der Waals surface area contributed by atoms with Crippen molar-refractivity contribution < 1.29 is 4.79 Å². The minimum atomic E-state index is -0.602. The Hall–Kier alpha value is -2.79. The quantitative estimate of drug-likeness (QED) is 0.753. The summed E-state index contributed by atoms with van der Waals surface area (Å²) in [5.74, 6) is -0.175. The van der Waals surface area contributed by atoms with Gasteiger partial charge >= 0.3 is 0 Å². The van der Waals surface area contributed by atoms with Gasteiger partial charge in [0.25, 0.3) is 0 Å². The number of aromatic nitrogens is 2. The van der Waals surface area contributed by atoms with E-state index < -0.39 is 6.04 Å². The van der Waals surface area contributed by atoms with Gasteiger partial charge in [-0.2, -0.15) is 0 Å². The first-order valence-corrected chi connectivity index (χ1v) is 7.48. The van der Waals surface area contributed by atoms with Gasteiger partial charge in [0.1, 0.15) is 0 Å². The standard InChI is InChI=1S/C18H18N4O/c19-17(10-16-3-1-2-7-21-16)18(23)22-11-13-4-5-15-12-20-8-6-14(15)9-13/h1-9,12,17H,10-11,19H2,(H,22,23)/t17-/m1/s1. The van der Waals surface area contributed by atoms with E-state index in [1.54, 1.807) is 12.4 Å². The van der Waals surface area contributed by atoms with Gasteiger partial charge < -0.3 is 11.1 Å². The van der Waals surface area contributed by atoms with Crippen LogP contribution >= 0.6 is 0 Å². The lowest BCUT2D eigenvalue weighted by molar-refractivity contribution is -0.122. The fourth-order valence-electron chi connectivity index (χ4n) is 2.40. The molecule has 0 bridgehead atoms. The minimum Gasteiger partial charge on any atom is -0.351 e. The zero-order valence-electron chi connectivity index (χ0n) is 12.6. The summed E-state index contributed by atoms with van der Waals surface area (Å²) in [6.45, 7) is 0.451. The van der Waals surface area contributed by atoms with Crippen LogP contribution in [0, 0.1) is 0 Å². The number of pyridine rings is 2. The average molecular weight is 306 g/mol. The molecule has 2 aromatic heterocycles. The molecule has 23 heavy (non-hydrogen) atoms. The fraction of sp³-hybridized carbons (Fsp3) is 0.167. The number of amides is 1. The van der Waals surface area contributed by atoms with Gasteiger partial charge in [-0.15, -0.1) is 0 Å². The average Bonchev–Trinajstić information content (AvgIpc) is 2.60. The molecule has 116 valence electrons. The van der Waals surface area contributed by atoms with Gasteiger partial charge in [-0.05, 0) is 35.2 Å². The molecule has 3 N–H and O–H groups in total. The smallest absolute Gasteiger partial charge is 0.237 e. The van der Waals surface area contributed by atoms with Crippen molar-refractivity contribution in [1.29, 1.82) is 0 Å². The van der Waals surface area contributed by atoms with Crippen LogP contribution in [0.25, 0.3) is 10.8 Å². The summed E-state index contributed by atoms with van der Waals surface area (Å²) in [6, 6.07) is 13.0. The third kappa shape index (κ3) is 3.90. The van der Waals surface area contributed by atoms with Gasteiger partial charge in [-0.1, -0.05) is 18.2 Å². The van der Waals surface area contributed by atoms with E-state index in [0.29, 0.717) is 13.0 Å². The van der Waals surface area contributed by atoms with Crippen molar-refractivity contribution in [2.45, 2.75) is 19.0 Å². The molecule has 0 unspecified atom stereocenters. The van der Waals surface area contributed by atoms with Crippen LogP contribution in [0.15, 0.2) is 61.1 Å². The number of hydrogen-bond donors (Lipinski definition) is 2. The third-order valence-electron chi connectivity index (χ3n) is 3.66. The topological polar surface area (TPSA) is 80.9 Å². The first kappa shape index (κ1) is 15.1. The second-order valence-electron chi connectivity index (χ2n) is 5.41. The summed E-state index contributed by atoms with van der Waals surface area (Å²) in [4.78, 5) is 20.4. The van der Waals surface area contributed by atoms with Crippen molar-refractivity contribution in [1.82, 2.24) is 15.3 Å². The molecular weight excluding hydrogens is 288 g/mol. The van der Waals surface area contributed by atoms with Crippen molar-refractivity contribution in [3.05, 3.63) is 72.3 Å². The summed E-state index contributed by atoms with van der Waals surface area (Å²) in [5, 5.41) is 5.06. The molecule has 5 nitrogen and oxygen atoms in total. The van der Waals surface area contributed by atoms with Crippen molar-refractivity contribution in [3.8, 4) is 0 Å². The van der Waals surface area contributed by atoms with E-state index in [-0.39, 0.29) is 5.91 Å². The zero-order chi connectivity index (χ0) is 16.1. The molecule has 0 aliphatic rings. The van der Waals surface area contributed by atoms with E-state index >= 15 is 0 Å². The molecule has 3 aromatic rings. The molecule has 1 atom stereocenters. The Bertz CT molecular complexity index is 804. The summed E-state index contributed by atoms with van der Waals surface area (Å²) in [7, 11) is 0. The lowest BCUT2D eigenvalue weighted by atomic mass is 10.1. The molecule has 0 spiro atoms. The lowest BCUT2D eigenvalue weighted by Gasteiger charge is -2.12. The molecule has 0 aliphatic heterocycles. The summed E-state index contributed by atoms with van der Waals surface area (Å²) >= 11 is 0. The zero-order valence-corrected chi connectivity index (χ0v) is 12.6. The van der Waals surface area contributed by atoms with Gasteiger partial charge in [0.05, 0.1) is 6.04 Å². The van der Waals surface area contributed by atoms with E-state index in [1.807, 2.05) is 48.7 Å². The number of fused-ring (bicyclic) bond motifs is 1. The largest absolute Gasteiger partial charge is 0.351 e. The van der Waals surface area contributed by atoms with E-state index in [4.69, 9.17) is 5.73 Å².